The van der Waals surface area contributed by atoms with Gasteiger partial charge in [-0.05, 0) is 0 Å². The first-order valence-corrected chi connectivity index (χ1v) is 12.4. The Hall–Kier alpha value is -0.200. The molecule has 0 atom stereocenters. The van der Waals surface area contributed by atoms with E-state index in [4.69, 9.17) is 0 Å². The Labute approximate surface area is 128 Å². The van der Waals surface area contributed by atoms with Crippen LogP contribution in [0.5, 0.6) is 0 Å². The maximum atomic E-state index is 2.31. The quantitative estimate of drug-likeness (QED) is 0.478. The molecule has 0 nitrogen and oxygen atoms in total. The average molecular weight is 336 g/mol. The zero-order valence-corrected chi connectivity index (χ0v) is 15.9. The van der Waals surface area contributed by atoms with Gasteiger partial charge in [-0.3, -0.25) is 0 Å². The smallest absolute Gasteiger partial charge is 0.0632 e. The van der Waals surface area contributed by atoms with Gasteiger partial charge in [0.2, 0.25) is 0 Å². The van der Waals surface area contributed by atoms with Gasteiger partial charge in [-0.15, -0.1) is 0 Å². The number of hydrogen-bond donors (Lipinski definition) is 0. The molecule has 18 heavy (non-hydrogen) atoms. The van der Waals surface area contributed by atoms with Crippen molar-refractivity contribution in [3.63, 3.8) is 0 Å². The molecule has 0 aliphatic carbocycles. The van der Waals surface area contributed by atoms with Crippen molar-refractivity contribution in [1.29, 1.82) is 0 Å². The Bertz CT molecular complexity index is 388. The Morgan fingerprint density at radius 2 is 1.17 bits per heavy atom. The molecule has 2 aromatic rings. The van der Waals surface area contributed by atoms with E-state index in [0.717, 1.165) is 0 Å². The summed E-state index contributed by atoms with van der Waals surface area (Å²) in [5.41, 5.74) is 5.77. The van der Waals surface area contributed by atoms with E-state index in [-0.39, 0.29) is 5.43 Å². The molecule has 0 heterocycles. The Kier molecular flexibility index (Phi) is 9.59. The van der Waals surface area contributed by atoms with Crippen molar-refractivity contribution in [1.82, 2.24) is 0 Å². The first-order valence-electron chi connectivity index (χ1n) is 6.24. The molecule has 0 unspecified atom stereocenters. The summed E-state index contributed by atoms with van der Waals surface area (Å²) >= 11 is 1.74. The molecule has 96 valence electrons. The molecular weight excluding hydrogens is 311 g/mol. The maximum Gasteiger partial charge on any atom is -0.0632 e. The fourth-order valence-corrected chi connectivity index (χ4v) is 1.20. The van der Waals surface area contributed by atoms with Crippen molar-refractivity contribution in [2.45, 2.75) is 40.8 Å². The molecule has 0 saturated heterocycles. The van der Waals surface area contributed by atoms with Gasteiger partial charge >= 0.3 is 41.9 Å². The Morgan fingerprint density at radius 3 is 1.22 bits per heavy atom. The standard InChI is InChI=1S/2C7H9.C2H6Si.Zr/c2*1-6-4-3-5-7(6)2;1-3-2;/h2*3-5H,1-2H3;1-2H3;/q2*-1;;+2. The summed E-state index contributed by atoms with van der Waals surface area (Å²) in [5, 5.41) is 0. The Balaban J connectivity index is 0.000000253. The number of rotatable bonds is 0. The van der Waals surface area contributed by atoms with E-state index in [9.17, 15) is 0 Å². The summed E-state index contributed by atoms with van der Waals surface area (Å²) in [6, 6.07) is 12.6. The second kappa shape index (κ2) is 9.69. The normalized spacial score (nSPS) is 8.89. The van der Waals surface area contributed by atoms with Gasteiger partial charge in [-0.1, -0.05) is 27.7 Å². The maximum absolute atomic E-state index is 2.31. The van der Waals surface area contributed by atoms with Crippen molar-refractivity contribution in [2.24, 2.45) is 0 Å². The summed E-state index contributed by atoms with van der Waals surface area (Å²) in [7, 11) is 0. The van der Waals surface area contributed by atoms with Crippen LogP contribution < -0.4 is 0 Å². The molecule has 0 aliphatic rings. The van der Waals surface area contributed by atoms with Crippen molar-refractivity contribution in [3.05, 3.63) is 58.7 Å². The zero-order chi connectivity index (χ0) is 14.1. The summed E-state index contributed by atoms with van der Waals surface area (Å²) in [6.45, 7) is 13.1. The van der Waals surface area contributed by atoms with Crippen LogP contribution in [0.1, 0.15) is 22.3 Å². The largest absolute Gasteiger partial charge is 0.213 e. The minimum Gasteiger partial charge on any atom is -0.213 e. The fraction of sp³-hybridized carbons (Fsp3) is 0.375. The van der Waals surface area contributed by atoms with E-state index in [1.807, 2.05) is 0 Å². The van der Waals surface area contributed by atoms with Crippen LogP contribution in [-0.4, -0.2) is 5.43 Å². The molecule has 0 fully saturated rings. The van der Waals surface area contributed by atoms with E-state index in [2.05, 4.69) is 77.2 Å². The third-order valence-electron chi connectivity index (χ3n) is 2.63. The third kappa shape index (κ3) is 8.83. The van der Waals surface area contributed by atoms with Gasteiger partial charge < -0.3 is 0 Å². The predicted octanol–water partition coefficient (Wildman–Crippen LogP) is 4.83. The van der Waals surface area contributed by atoms with Gasteiger partial charge in [-0.25, -0.2) is 24.3 Å². The van der Waals surface area contributed by atoms with Crippen LogP contribution in [0.15, 0.2) is 36.4 Å². The number of aryl methyl sites for hydroxylation is 4. The van der Waals surface area contributed by atoms with Crippen LogP contribution in [0.4, 0.5) is 0 Å². The van der Waals surface area contributed by atoms with Gasteiger partial charge in [0.05, 0.1) is 0 Å². The molecule has 2 rings (SSSR count). The van der Waals surface area contributed by atoms with E-state index in [1.54, 1.807) is 23.3 Å². The van der Waals surface area contributed by atoms with Crippen molar-refractivity contribution >= 4 is 5.43 Å². The molecule has 0 saturated carbocycles. The molecule has 2 heteroatoms. The molecule has 0 aliphatic heterocycles. The molecule has 0 radical (unpaired) electrons. The van der Waals surface area contributed by atoms with E-state index in [0.29, 0.717) is 0 Å². The van der Waals surface area contributed by atoms with Gasteiger partial charge in [0.25, 0.3) is 0 Å². The van der Waals surface area contributed by atoms with Gasteiger partial charge in [-0.2, -0.15) is 34.4 Å². The average Bonchev–Trinajstić information content (AvgIpc) is 2.79. The topological polar surface area (TPSA) is 0 Å². The van der Waals surface area contributed by atoms with E-state index < -0.39 is 0 Å². The molecule has 0 bridgehead atoms. The van der Waals surface area contributed by atoms with Gasteiger partial charge in [0.15, 0.2) is 0 Å². The summed E-state index contributed by atoms with van der Waals surface area (Å²) in [6.07, 6.45) is 0. The predicted molar refractivity (Wildman–Crippen MR) is 80.5 cm³/mol. The van der Waals surface area contributed by atoms with Crippen LogP contribution in [0, 0.1) is 27.7 Å². The Morgan fingerprint density at radius 1 is 0.889 bits per heavy atom. The van der Waals surface area contributed by atoms with Crippen LogP contribution >= 0.6 is 0 Å². The fourth-order valence-electron chi connectivity index (χ4n) is 1.20. The summed E-state index contributed by atoms with van der Waals surface area (Å²) in [4.78, 5) is 0. The molecule has 0 spiro atoms. The van der Waals surface area contributed by atoms with Crippen LogP contribution in [-0.2, 0) is 23.3 Å². The first-order chi connectivity index (χ1) is 8.34. The zero-order valence-electron chi connectivity index (χ0n) is 12.5. The monoisotopic (exact) mass is 334 g/mol. The first kappa shape index (κ1) is 17.8. The minimum absolute atomic E-state index is 0.210. The third-order valence-corrected chi connectivity index (χ3v) is 2.63. The van der Waals surface area contributed by atoms with Gasteiger partial charge in [0.1, 0.15) is 0 Å². The van der Waals surface area contributed by atoms with E-state index >= 15 is 0 Å². The second-order valence-corrected chi connectivity index (χ2v) is 14.2. The molecular formula is C16H24SiZr. The van der Waals surface area contributed by atoms with Crippen LogP contribution in [0.25, 0.3) is 0 Å². The molecule has 0 N–H and O–H groups in total. The number of hydrogen-bond acceptors (Lipinski definition) is 0. The summed E-state index contributed by atoms with van der Waals surface area (Å²) < 4.78 is 0. The molecule has 2 aromatic carbocycles. The van der Waals surface area contributed by atoms with Crippen LogP contribution in [0.2, 0.25) is 13.1 Å². The van der Waals surface area contributed by atoms with Crippen LogP contribution in [0.3, 0.4) is 0 Å². The van der Waals surface area contributed by atoms with Crippen molar-refractivity contribution in [3.8, 4) is 0 Å². The summed E-state index contributed by atoms with van der Waals surface area (Å²) in [5.74, 6) is 0. The van der Waals surface area contributed by atoms with Crippen molar-refractivity contribution < 1.29 is 23.3 Å². The molecule has 0 amide bonds. The van der Waals surface area contributed by atoms with Gasteiger partial charge in [0, 0.05) is 0 Å². The minimum atomic E-state index is 0.210. The van der Waals surface area contributed by atoms with Crippen molar-refractivity contribution in [2.75, 3.05) is 0 Å². The molecule has 0 aromatic heterocycles. The second-order valence-electron chi connectivity index (χ2n) is 4.78. The SMILES string of the molecule is C[Si](C)=[Zr+2].Cc1ccc[c-]1C.Cc1ccc[c-]1C. The van der Waals surface area contributed by atoms with E-state index in [1.165, 1.54) is 22.3 Å².